The lowest BCUT2D eigenvalue weighted by molar-refractivity contribution is -0.117. The molecular weight excluding hydrogens is 282 g/mol. The van der Waals surface area contributed by atoms with Gasteiger partial charge in [0.15, 0.2) is 0 Å². The molecule has 0 bridgehead atoms. The van der Waals surface area contributed by atoms with Gasteiger partial charge in [0.1, 0.15) is 0 Å². The zero-order valence-electron chi connectivity index (χ0n) is 12.4. The first kappa shape index (κ1) is 15.9. The quantitative estimate of drug-likeness (QED) is 0.597. The van der Waals surface area contributed by atoms with Crippen LogP contribution in [-0.4, -0.2) is 33.2 Å². The molecule has 2 aromatic rings. The van der Waals surface area contributed by atoms with Crippen LogP contribution in [0.25, 0.3) is 0 Å². The van der Waals surface area contributed by atoms with Crippen molar-refractivity contribution in [3.8, 4) is 0 Å². The van der Waals surface area contributed by atoms with E-state index in [1.807, 2.05) is 37.3 Å². The van der Waals surface area contributed by atoms with Crippen molar-refractivity contribution >= 4 is 11.7 Å². The second kappa shape index (κ2) is 7.51. The highest BCUT2D eigenvalue weighted by Crippen LogP contribution is 2.16. The molecule has 0 aliphatic heterocycles. The topological polar surface area (TPSA) is 84.2 Å². The van der Waals surface area contributed by atoms with Gasteiger partial charge in [0.25, 0.3) is 11.7 Å². The van der Waals surface area contributed by atoms with Crippen molar-refractivity contribution in [3.05, 3.63) is 53.9 Å². The lowest BCUT2D eigenvalue weighted by atomic mass is 10.0. The Morgan fingerprint density at radius 2 is 2.05 bits per heavy atom. The molecule has 1 atom stereocenters. The maximum atomic E-state index is 12.1. The number of aryl methyl sites for hydroxylation is 1. The van der Waals surface area contributed by atoms with E-state index in [4.69, 9.17) is 5.11 Å². The summed E-state index contributed by atoms with van der Waals surface area (Å²) in [5, 5.41) is 15.8. The first-order chi connectivity index (χ1) is 10.7. The minimum absolute atomic E-state index is 0.0815. The Labute approximate surface area is 128 Å². The molecule has 6 heteroatoms. The number of aliphatic hydroxyl groups excluding tert-OH is 1. The largest absolute Gasteiger partial charge is 0.396 e. The predicted molar refractivity (Wildman–Crippen MR) is 81.3 cm³/mol. The van der Waals surface area contributed by atoms with Gasteiger partial charge < -0.3 is 10.4 Å². The van der Waals surface area contributed by atoms with Gasteiger partial charge in [0.2, 0.25) is 0 Å². The molecule has 0 spiro atoms. The third-order valence-electron chi connectivity index (χ3n) is 3.35. The van der Waals surface area contributed by atoms with Crippen molar-refractivity contribution in [1.82, 2.24) is 15.1 Å². The number of benzene rings is 1. The average molecular weight is 301 g/mol. The van der Waals surface area contributed by atoms with E-state index < -0.39 is 17.7 Å². The van der Waals surface area contributed by atoms with E-state index in [2.05, 4.69) is 10.4 Å². The summed E-state index contributed by atoms with van der Waals surface area (Å²) in [5.41, 5.74) is 1.11. The molecule has 1 heterocycles. The van der Waals surface area contributed by atoms with E-state index >= 15 is 0 Å². The molecule has 0 saturated carbocycles. The molecule has 6 nitrogen and oxygen atoms in total. The molecule has 1 unspecified atom stereocenters. The second-order valence-corrected chi connectivity index (χ2v) is 4.86. The van der Waals surface area contributed by atoms with E-state index in [0.29, 0.717) is 13.0 Å². The van der Waals surface area contributed by atoms with Gasteiger partial charge in [0, 0.05) is 19.3 Å². The summed E-state index contributed by atoms with van der Waals surface area (Å²) >= 11 is 0. The standard InChI is InChI=1S/C16H19N3O3/c1-2-19-11-13(10-17-19)15(21)16(22)18-14(8-9-20)12-6-4-3-5-7-12/h3-7,10-11,14,20H,2,8-9H2,1H3,(H,18,22). The highest BCUT2D eigenvalue weighted by Gasteiger charge is 2.22. The third kappa shape index (κ3) is 3.79. The Morgan fingerprint density at radius 1 is 1.32 bits per heavy atom. The highest BCUT2D eigenvalue weighted by molar-refractivity contribution is 6.42. The van der Waals surface area contributed by atoms with E-state index in [0.717, 1.165) is 5.56 Å². The van der Waals surface area contributed by atoms with E-state index in [-0.39, 0.29) is 12.2 Å². The molecule has 1 amide bonds. The summed E-state index contributed by atoms with van der Waals surface area (Å²) in [6, 6.07) is 8.85. The Balaban J connectivity index is 2.09. The van der Waals surface area contributed by atoms with Gasteiger partial charge in [-0.25, -0.2) is 0 Å². The monoisotopic (exact) mass is 301 g/mol. The fourth-order valence-corrected chi connectivity index (χ4v) is 2.15. The SMILES string of the molecule is CCn1cc(C(=O)C(=O)NC(CCO)c2ccccc2)cn1. The molecule has 1 aromatic carbocycles. The Morgan fingerprint density at radius 3 is 2.64 bits per heavy atom. The molecular formula is C16H19N3O3. The third-order valence-corrected chi connectivity index (χ3v) is 3.35. The van der Waals surface area contributed by atoms with Crippen molar-refractivity contribution < 1.29 is 14.7 Å². The summed E-state index contributed by atoms with van der Waals surface area (Å²) in [5.74, 6) is -1.32. The summed E-state index contributed by atoms with van der Waals surface area (Å²) < 4.78 is 1.59. The normalized spacial score (nSPS) is 11.9. The summed E-state index contributed by atoms with van der Waals surface area (Å²) in [7, 11) is 0. The molecule has 2 N–H and O–H groups in total. The van der Waals surface area contributed by atoms with Crippen LogP contribution in [0.15, 0.2) is 42.7 Å². The number of hydrogen-bond donors (Lipinski definition) is 2. The first-order valence-corrected chi connectivity index (χ1v) is 7.19. The van der Waals surface area contributed by atoms with Crippen LogP contribution in [0.4, 0.5) is 0 Å². The number of carbonyl (C=O) groups is 2. The van der Waals surface area contributed by atoms with Crippen LogP contribution in [0.5, 0.6) is 0 Å². The second-order valence-electron chi connectivity index (χ2n) is 4.86. The van der Waals surface area contributed by atoms with Gasteiger partial charge in [-0.05, 0) is 18.9 Å². The predicted octanol–water partition coefficient (Wildman–Crippen LogP) is 1.33. The average Bonchev–Trinajstić information content (AvgIpc) is 3.03. The lowest BCUT2D eigenvalue weighted by Crippen LogP contribution is -2.34. The van der Waals surface area contributed by atoms with Crippen LogP contribution in [0, 0.1) is 0 Å². The summed E-state index contributed by atoms with van der Waals surface area (Å²) in [6.45, 7) is 2.45. The van der Waals surface area contributed by atoms with Crippen LogP contribution in [0.2, 0.25) is 0 Å². The van der Waals surface area contributed by atoms with Crippen molar-refractivity contribution in [2.24, 2.45) is 0 Å². The molecule has 0 saturated heterocycles. The van der Waals surface area contributed by atoms with Gasteiger partial charge in [0.05, 0.1) is 17.8 Å². The fourth-order valence-electron chi connectivity index (χ4n) is 2.15. The number of Topliss-reactive ketones (excluding diaryl/α,β-unsaturated/α-hetero) is 1. The highest BCUT2D eigenvalue weighted by atomic mass is 16.3. The minimum atomic E-state index is -0.696. The first-order valence-electron chi connectivity index (χ1n) is 7.19. The number of hydrogen-bond acceptors (Lipinski definition) is 4. The molecule has 0 aliphatic carbocycles. The summed E-state index contributed by atoms with van der Waals surface area (Å²) in [4.78, 5) is 24.2. The molecule has 22 heavy (non-hydrogen) atoms. The van der Waals surface area contributed by atoms with Crippen molar-refractivity contribution in [1.29, 1.82) is 0 Å². The van der Waals surface area contributed by atoms with Crippen LogP contribution < -0.4 is 5.32 Å². The molecule has 0 fully saturated rings. The Kier molecular flexibility index (Phi) is 5.43. The number of amides is 1. The van der Waals surface area contributed by atoms with Gasteiger partial charge in [-0.1, -0.05) is 30.3 Å². The van der Waals surface area contributed by atoms with Gasteiger partial charge in [-0.2, -0.15) is 5.10 Å². The maximum Gasteiger partial charge on any atom is 0.292 e. The minimum Gasteiger partial charge on any atom is -0.396 e. The number of nitrogens with one attached hydrogen (secondary N) is 1. The lowest BCUT2D eigenvalue weighted by Gasteiger charge is -2.17. The smallest absolute Gasteiger partial charge is 0.292 e. The zero-order chi connectivity index (χ0) is 15.9. The molecule has 1 aromatic heterocycles. The molecule has 2 rings (SSSR count). The van der Waals surface area contributed by atoms with Crippen LogP contribution in [0.3, 0.4) is 0 Å². The molecule has 0 radical (unpaired) electrons. The number of aliphatic hydroxyl groups is 1. The zero-order valence-corrected chi connectivity index (χ0v) is 12.4. The maximum absolute atomic E-state index is 12.1. The Hall–Kier alpha value is -2.47. The fraction of sp³-hybridized carbons (Fsp3) is 0.312. The molecule has 0 aliphatic rings. The van der Waals surface area contributed by atoms with Crippen molar-refractivity contribution in [2.45, 2.75) is 25.9 Å². The van der Waals surface area contributed by atoms with Gasteiger partial charge in [-0.3, -0.25) is 14.3 Å². The number of nitrogens with zero attached hydrogens (tertiary/aromatic N) is 2. The van der Waals surface area contributed by atoms with Crippen LogP contribution in [-0.2, 0) is 11.3 Å². The number of ketones is 1. The Bertz CT molecular complexity index is 637. The summed E-state index contributed by atoms with van der Waals surface area (Å²) in [6.07, 6.45) is 3.28. The van der Waals surface area contributed by atoms with Crippen LogP contribution in [0.1, 0.15) is 35.3 Å². The number of carbonyl (C=O) groups excluding carboxylic acids is 2. The van der Waals surface area contributed by atoms with E-state index in [1.165, 1.54) is 6.20 Å². The van der Waals surface area contributed by atoms with Gasteiger partial charge >= 0.3 is 0 Å². The molecule has 116 valence electrons. The van der Waals surface area contributed by atoms with E-state index in [9.17, 15) is 9.59 Å². The number of rotatable bonds is 7. The van der Waals surface area contributed by atoms with Crippen LogP contribution >= 0.6 is 0 Å². The van der Waals surface area contributed by atoms with E-state index in [1.54, 1.807) is 10.9 Å². The van der Waals surface area contributed by atoms with Gasteiger partial charge in [-0.15, -0.1) is 0 Å². The van der Waals surface area contributed by atoms with Crippen molar-refractivity contribution in [2.75, 3.05) is 6.61 Å². The van der Waals surface area contributed by atoms with Crippen molar-refractivity contribution in [3.63, 3.8) is 0 Å². The number of aromatic nitrogens is 2.